The summed E-state index contributed by atoms with van der Waals surface area (Å²) in [5, 5.41) is 21.4. The molecule has 2 fully saturated rings. The number of urea groups is 1. The smallest absolute Gasteiger partial charge is 0.317 e. The summed E-state index contributed by atoms with van der Waals surface area (Å²) >= 11 is 0. The minimum atomic E-state index is -0.821. The Labute approximate surface area is 112 Å². The summed E-state index contributed by atoms with van der Waals surface area (Å²) < 4.78 is 0. The van der Waals surface area contributed by atoms with E-state index in [-0.39, 0.29) is 18.2 Å². The molecule has 0 aromatic heterocycles. The number of nitrogens with one attached hydrogen (secondary N) is 1. The molecule has 0 bridgehead atoms. The molecule has 2 amide bonds. The Bertz CT molecular complexity index is 340. The Morgan fingerprint density at radius 3 is 2.42 bits per heavy atom. The van der Waals surface area contributed by atoms with Crippen LogP contribution in [0.1, 0.15) is 38.5 Å². The average molecular weight is 270 g/mol. The summed E-state index contributed by atoms with van der Waals surface area (Å²) in [6.45, 7) is 0.932. The van der Waals surface area contributed by atoms with Crippen LogP contribution >= 0.6 is 0 Å². The number of carboxylic acids is 1. The van der Waals surface area contributed by atoms with E-state index in [1.165, 1.54) is 0 Å². The average Bonchev–Trinajstić information content (AvgIpc) is 2.41. The SMILES string of the molecule is O=C(O)C1CCCN(C(=O)NC2CCC(O)CC2)C1. The van der Waals surface area contributed by atoms with Crippen LogP contribution in [-0.4, -0.2) is 52.3 Å². The highest BCUT2D eigenvalue weighted by atomic mass is 16.4. The second-order valence-electron chi connectivity index (χ2n) is 5.58. The first-order valence-electron chi connectivity index (χ1n) is 7.02. The maximum atomic E-state index is 12.1. The standard InChI is InChI=1S/C13H22N2O4/c16-11-5-3-10(4-6-11)14-13(19)15-7-1-2-9(8-15)12(17)18/h9-11,16H,1-8H2,(H,14,19)(H,17,18). The van der Waals surface area contributed by atoms with E-state index in [2.05, 4.69) is 5.32 Å². The molecule has 1 atom stereocenters. The van der Waals surface area contributed by atoms with E-state index >= 15 is 0 Å². The topological polar surface area (TPSA) is 89.9 Å². The summed E-state index contributed by atoms with van der Waals surface area (Å²) in [6.07, 6.45) is 4.19. The summed E-state index contributed by atoms with van der Waals surface area (Å²) in [4.78, 5) is 24.6. The van der Waals surface area contributed by atoms with E-state index in [9.17, 15) is 14.7 Å². The predicted molar refractivity (Wildman–Crippen MR) is 68.7 cm³/mol. The molecule has 108 valence electrons. The van der Waals surface area contributed by atoms with Crippen molar-refractivity contribution in [1.29, 1.82) is 0 Å². The largest absolute Gasteiger partial charge is 0.481 e. The Kier molecular flexibility index (Phi) is 4.63. The number of carbonyl (C=O) groups excluding carboxylic acids is 1. The van der Waals surface area contributed by atoms with Gasteiger partial charge in [-0.05, 0) is 38.5 Å². The van der Waals surface area contributed by atoms with Crippen LogP contribution in [0, 0.1) is 5.92 Å². The third-order valence-corrected chi connectivity index (χ3v) is 4.08. The zero-order valence-corrected chi connectivity index (χ0v) is 11.0. The lowest BCUT2D eigenvalue weighted by molar-refractivity contribution is -0.143. The summed E-state index contributed by atoms with van der Waals surface area (Å²) in [5.41, 5.74) is 0. The third kappa shape index (κ3) is 3.83. The van der Waals surface area contributed by atoms with Crippen molar-refractivity contribution in [3.05, 3.63) is 0 Å². The number of rotatable bonds is 2. The van der Waals surface area contributed by atoms with E-state index in [4.69, 9.17) is 5.11 Å². The number of hydrogen-bond donors (Lipinski definition) is 3. The number of carbonyl (C=O) groups is 2. The van der Waals surface area contributed by atoms with E-state index in [1.807, 2.05) is 0 Å². The first-order chi connectivity index (χ1) is 9.06. The molecule has 1 heterocycles. The zero-order valence-electron chi connectivity index (χ0n) is 11.0. The van der Waals surface area contributed by atoms with Crippen molar-refractivity contribution in [2.24, 2.45) is 5.92 Å². The molecule has 19 heavy (non-hydrogen) atoms. The van der Waals surface area contributed by atoms with Gasteiger partial charge in [0.15, 0.2) is 0 Å². The number of aliphatic carboxylic acids is 1. The van der Waals surface area contributed by atoms with Gasteiger partial charge in [0.05, 0.1) is 12.0 Å². The fraction of sp³-hybridized carbons (Fsp3) is 0.846. The fourth-order valence-electron chi connectivity index (χ4n) is 2.85. The predicted octanol–water partition coefficient (Wildman–Crippen LogP) is 0.796. The highest BCUT2D eigenvalue weighted by molar-refractivity contribution is 5.76. The number of hydrogen-bond acceptors (Lipinski definition) is 3. The van der Waals surface area contributed by atoms with Gasteiger partial charge in [-0.15, -0.1) is 0 Å². The van der Waals surface area contributed by atoms with E-state index in [0.717, 1.165) is 32.1 Å². The van der Waals surface area contributed by atoms with Crippen LogP contribution in [0.2, 0.25) is 0 Å². The maximum Gasteiger partial charge on any atom is 0.317 e. The van der Waals surface area contributed by atoms with Crippen LogP contribution in [0.5, 0.6) is 0 Å². The molecule has 2 rings (SSSR count). The highest BCUT2D eigenvalue weighted by Crippen LogP contribution is 2.20. The molecule has 1 aliphatic heterocycles. The Balaban J connectivity index is 1.80. The lowest BCUT2D eigenvalue weighted by atomic mass is 9.93. The number of amides is 2. The first-order valence-corrected chi connectivity index (χ1v) is 7.02. The van der Waals surface area contributed by atoms with Gasteiger partial charge in [-0.1, -0.05) is 0 Å². The Morgan fingerprint density at radius 2 is 1.79 bits per heavy atom. The molecular formula is C13H22N2O4. The number of piperidine rings is 1. The van der Waals surface area contributed by atoms with Crippen molar-refractivity contribution in [1.82, 2.24) is 10.2 Å². The van der Waals surface area contributed by atoms with Crippen LogP contribution in [0.3, 0.4) is 0 Å². The minimum absolute atomic E-state index is 0.112. The first kappa shape index (κ1) is 14.1. The maximum absolute atomic E-state index is 12.1. The molecule has 0 radical (unpaired) electrons. The number of aliphatic hydroxyl groups excluding tert-OH is 1. The quantitative estimate of drug-likeness (QED) is 0.692. The Morgan fingerprint density at radius 1 is 1.11 bits per heavy atom. The zero-order chi connectivity index (χ0) is 13.8. The van der Waals surface area contributed by atoms with Crippen molar-refractivity contribution in [2.75, 3.05) is 13.1 Å². The number of likely N-dealkylation sites (tertiary alicyclic amines) is 1. The van der Waals surface area contributed by atoms with Crippen LogP contribution in [0.4, 0.5) is 4.79 Å². The van der Waals surface area contributed by atoms with Gasteiger partial charge in [0.2, 0.25) is 0 Å². The van der Waals surface area contributed by atoms with Crippen LogP contribution in [-0.2, 0) is 4.79 Å². The minimum Gasteiger partial charge on any atom is -0.481 e. The molecular weight excluding hydrogens is 248 g/mol. The molecule has 3 N–H and O–H groups in total. The van der Waals surface area contributed by atoms with E-state index < -0.39 is 11.9 Å². The molecule has 1 saturated heterocycles. The number of carboxylic acid groups (broad SMARTS) is 1. The Hall–Kier alpha value is -1.30. The van der Waals surface area contributed by atoms with Gasteiger partial charge in [-0.3, -0.25) is 4.79 Å². The van der Waals surface area contributed by atoms with Gasteiger partial charge >= 0.3 is 12.0 Å². The van der Waals surface area contributed by atoms with Crippen molar-refractivity contribution < 1.29 is 19.8 Å². The fourth-order valence-corrected chi connectivity index (χ4v) is 2.85. The summed E-state index contributed by atoms with van der Waals surface area (Å²) in [7, 11) is 0. The van der Waals surface area contributed by atoms with E-state index in [0.29, 0.717) is 19.5 Å². The third-order valence-electron chi connectivity index (χ3n) is 4.08. The van der Waals surface area contributed by atoms with Gasteiger partial charge in [-0.25, -0.2) is 4.79 Å². The molecule has 6 nitrogen and oxygen atoms in total. The molecule has 1 aliphatic carbocycles. The van der Waals surface area contributed by atoms with Crippen LogP contribution < -0.4 is 5.32 Å². The number of nitrogens with zero attached hydrogens (tertiary/aromatic N) is 1. The van der Waals surface area contributed by atoms with Gasteiger partial charge in [-0.2, -0.15) is 0 Å². The van der Waals surface area contributed by atoms with Crippen molar-refractivity contribution >= 4 is 12.0 Å². The monoisotopic (exact) mass is 270 g/mol. The normalized spacial score (nSPS) is 31.8. The van der Waals surface area contributed by atoms with Crippen LogP contribution in [0.25, 0.3) is 0 Å². The molecule has 0 aromatic carbocycles. The lowest BCUT2D eigenvalue weighted by Gasteiger charge is -2.33. The molecule has 6 heteroatoms. The van der Waals surface area contributed by atoms with Gasteiger partial charge in [0.25, 0.3) is 0 Å². The van der Waals surface area contributed by atoms with Crippen molar-refractivity contribution in [3.63, 3.8) is 0 Å². The number of aliphatic hydroxyl groups is 1. The summed E-state index contributed by atoms with van der Waals surface area (Å²) in [5.74, 6) is -1.26. The van der Waals surface area contributed by atoms with E-state index in [1.54, 1.807) is 4.90 Å². The molecule has 1 unspecified atom stereocenters. The molecule has 2 aliphatic rings. The molecule has 1 saturated carbocycles. The molecule has 0 spiro atoms. The van der Waals surface area contributed by atoms with Crippen molar-refractivity contribution in [2.45, 2.75) is 50.7 Å². The van der Waals surface area contributed by atoms with Gasteiger partial charge in [0.1, 0.15) is 0 Å². The van der Waals surface area contributed by atoms with Gasteiger partial charge in [0, 0.05) is 19.1 Å². The van der Waals surface area contributed by atoms with Crippen molar-refractivity contribution in [3.8, 4) is 0 Å². The second kappa shape index (κ2) is 6.23. The second-order valence-corrected chi connectivity index (χ2v) is 5.58. The summed E-state index contributed by atoms with van der Waals surface area (Å²) in [6, 6.07) is -0.0477. The van der Waals surface area contributed by atoms with Crippen LogP contribution in [0.15, 0.2) is 0 Å². The highest BCUT2D eigenvalue weighted by Gasteiger charge is 2.29. The van der Waals surface area contributed by atoms with Gasteiger partial charge < -0.3 is 20.4 Å². The lowest BCUT2D eigenvalue weighted by Crippen LogP contribution is -2.50. The molecule has 0 aromatic rings.